The van der Waals surface area contributed by atoms with Crippen LogP contribution in [0.1, 0.15) is 44.9 Å². The molecule has 2 aromatic rings. The van der Waals surface area contributed by atoms with E-state index < -0.39 is 18.0 Å². The van der Waals surface area contributed by atoms with Crippen LogP contribution in [0.15, 0.2) is 48.2 Å². The highest BCUT2D eigenvalue weighted by atomic mass is 19.1. The highest BCUT2D eigenvalue weighted by molar-refractivity contribution is 6.07. The van der Waals surface area contributed by atoms with E-state index in [-0.39, 0.29) is 23.9 Å². The maximum Gasteiger partial charge on any atom is 0.231 e. The number of allylic oxidation sites excluding steroid dienone is 5. The van der Waals surface area contributed by atoms with Crippen molar-refractivity contribution in [2.75, 3.05) is 12.4 Å². The number of nitrogens with one attached hydrogen (secondary N) is 3. The fourth-order valence-corrected chi connectivity index (χ4v) is 3.65. The molecule has 1 saturated carbocycles. The number of ketones is 1. The van der Waals surface area contributed by atoms with Crippen molar-refractivity contribution in [3.05, 3.63) is 59.5 Å². The van der Waals surface area contributed by atoms with Gasteiger partial charge in [0.25, 0.3) is 0 Å². The molecule has 8 nitrogen and oxygen atoms in total. The number of aromatic nitrogens is 2. The number of alkyl halides is 1. The number of fused-ring (bicyclic) bond motifs is 1. The number of halogens is 1. The second kappa shape index (κ2) is 10.5. The lowest BCUT2D eigenvalue weighted by Crippen LogP contribution is -2.27. The normalized spacial score (nSPS) is 17.6. The number of hydrogen-bond acceptors (Lipinski definition) is 6. The van der Waals surface area contributed by atoms with E-state index in [2.05, 4.69) is 21.9 Å². The Balaban J connectivity index is 2.10. The van der Waals surface area contributed by atoms with Gasteiger partial charge in [-0.3, -0.25) is 20.4 Å². The van der Waals surface area contributed by atoms with Gasteiger partial charge in [-0.05, 0) is 43.6 Å². The standard InChI is InChI=1S/C26H29FN6O2/c1-6-17(14(3)8-15(4)22(34)7-2)18-9-16-12-30-23(32-26(35)19-10-20(19)27)11-21(16)31-24(18)25(29)33(5)13-28/h6,8-9,11-13,19-20,28-29H,4,7,10H2,1-3,5H3,(H,30,32,35)/b14-8-,17-6+,28-13?,29-25?/t19-,20+/m0/s1. The number of nitrogens with zero attached hydrogens (tertiary/aromatic N) is 3. The quantitative estimate of drug-likeness (QED) is 0.210. The highest BCUT2D eigenvalue weighted by Crippen LogP contribution is 2.35. The van der Waals surface area contributed by atoms with Crippen molar-refractivity contribution in [1.29, 1.82) is 10.8 Å². The lowest BCUT2D eigenvalue weighted by Gasteiger charge is -2.19. The van der Waals surface area contributed by atoms with Crippen LogP contribution in [-0.2, 0) is 9.59 Å². The lowest BCUT2D eigenvalue weighted by atomic mass is 9.93. The van der Waals surface area contributed by atoms with E-state index in [0.29, 0.717) is 34.2 Å². The lowest BCUT2D eigenvalue weighted by molar-refractivity contribution is -0.117. The molecule has 1 fully saturated rings. The molecule has 2 heterocycles. The summed E-state index contributed by atoms with van der Waals surface area (Å²) in [5, 5.41) is 19.5. The SMILES string of the molecule is C=C(/C=C(C)\C(=C/C)c1cc2cnc(NC(=O)[C@H]3C[C@H]3F)cc2nc1C(=N)N(C)C=N)C(=O)CC. The van der Waals surface area contributed by atoms with E-state index in [1.165, 1.54) is 4.90 Å². The van der Waals surface area contributed by atoms with Crippen molar-refractivity contribution >= 4 is 46.2 Å². The van der Waals surface area contributed by atoms with Crippen molar-refractivity contribution in [2.24, 2.45) is 5.92 Å². The van der Waals surface area contributed by atoms with Crippen LogP contribution in [0.2, 0.25) is 0 Å². The first-order valence-corrected chi connectivity index (χ1v) is 11.3. The van der Waals surface area contributed by atoms with Crippen LogP contribution < -0.4 is 5.32 Å². The van der Waals surface area contributed by atoms with Crippen LogP contribution in [0.5, 0.6) is 0 Å². The van der Waals surface area contributed by atoms with Gasteiger partial charge in [-0.2, -0.15) is 0 Å². The summed E-state index contributed by atoms with van der Waals surface area (Å²) in [7, 11) is 1.58. The molecule has 9 heteroatoms. The smallest absolute Gasteiger partial charge is 0.231 e. The van der Waals surface area contributed by atoms with E-state index in [0.717, 1.165) is 17.5 Å². The third-order valence-electron chi connectivity index (χ3n) is 5.84. The Morgan fingerprint density at radius 2 is 2.06 bits per heavy atom. The van der Waals surface area contributed by atoms with E-state index in [9.17, 15) is 14.0 Å². The topological polar surface area (TPSA) is 123 Å². The molecule has 2 aromatic heterocycles. The van der Waals surface area contributed by atoms with Gasteiger partial charge in [0.2, 0.25) is 5.91 Å². The largest absolute Gasteiger partial charge is 0.319 e. The van der Waals surface area contributed by atoms with E-state index in [1.54, 1.807) is 32.3 Å². The Morgan fingerprint density at radius 3 is 2.63 bits per heavy atom. The average molecular weight is 477 g/mol. The van der Waals surface area contributed by atoms with Gasteiger partial charge in [0.15, 0.2) is 11.6 Å². The molecule has 35 heavy (non-hydrogen) atoms. The van der Waals surface area contributed by atoms with Crippen LogP contribution in [0.25, 0.3) is 16.5 Å². The van der Waals surface area contributed by atoms with E-state index in [4.69, 9.17) is 10.8 Å². The minimum atomic E-state index is -1.11. The number of amides is 1. The Labute approximate surface area is 203 Å². The molecule has 3 N–H and O–H groups in total. The fraction of sp³-hybridized carbons (Fsp3) is 0.308. The summed E-state index contributed by atoms with van der Waals surface area (Å²) in [6.45, 7) is 9.34. The van der Waals surface area contributed by atoms with E-state index >= 15 is 0 Å². The minimum Gasteiger partial charge on any atom is -0.319 e. The van der Waals surface area contributed by atoms with Crippen LogP contribution in [-0.4, -0.2) is 52.0 Å². The van der Waals surface area contributed by atoms with Crippen LogP contribution in [0.3, 0.4) is 0 Å². The molecule has 1 amide bonds. The van der Waals surface area contributed by atoms with Crippen molar-refractivity contribution in [1.82, 2.24) is 14.9 Å². The minimum absolute atomic E-state index is 0.00633. The molecule has 0 spiro atoms. The number of rotatable bonds is 9. The van der Waals surface area contributed by atoms with Crippen molar-refractivity contribution in [2.45, 2.75) is 39.8 Å². The molecule has 1 aliphatic rings. The van der Waals surface area contributed by atoms with Crippen LogP contribution >= 0.6 is 0 Å². The van der Waals surface area contributed by atoms with E-state index in [1.807, 2.05) is 26.0 Å². The maximum absolute atomic E-state index is 13.2. The molecule has 0 saturated heterocycles. The second-order valence-corrected chi connectivity index (χ2v) is 8.41. The Hall–Kier alpha value is -4.01. The predicted molar refractivity (Wildman–Crippen MR) is 136 cm³/mol. The summed E-state index contributed by atoms with van der Waals surface area (Å²) in [4.78, 5) is 34.4. The summed E-state index contributed by atoms with van der Waals surface area (Å²) < 4.78 is 13.2. The molecule has 1 aliphatic carbocycles. The molecular weight excluding hydrogens is 447 g/mol. The van der Waals surface area contributed by atoms with Gasteiger partial charge in [0, 0.05) is 42.3 Å². The zero-order valence-electron chi connectivity index (χ0n) is 20.3. The summed E-state index contributed by atoms with van der Waals surface area (Å²) in [5.41, 5.74) is 3.33. The number of anilines is 1. The molecule has 0 aromatic carbocycles. The summed E-state index contributed by atoms with van der Waals surface area (Å²) in [6, 6.07) is 3.41. The van der Waals surface area contributed by atoms with Gasteiger partial charge in [-0.15, -0.1) is 0 Å². The third kappa shape index (κ3) is 5.56. The van der Waals surface area contributed by atoms with Crippen molar-refractivity contribution < 1.29 is 14.0 Å². The zero-order valence-corrected chi connectivity index (χ0v) is 20.3. The first kappa shape index (κ1) is 25.6. The van der Waals surface area contributed by atoms with Gasteiger partial charge in [0.1, 0.15) is 17.7 Å². The first-order valence-electron chi connectivity index (χ1n) is 11.3. The maximum atomic E-state index is 13.2. The Morgan fingerprint density at radius 1 is 1.37 bits per heavy atom. The number of pyridine rings is 2. The first-order chi connectivity index (χ1) is 16.6. The van der Waals surface area contributed by atoms with Gasteiger partial charge < -0.3 is 10.2 Å². The van der Waals surface area contributed by atoms with Gasteiger partial charge in [-0.25, -0.2) is 14.4 Å². The monoisotopic (exact) mass is 476 g/mol. The fourth-order valence-electron chi connectivity index (χ4n) is 3.65. The molecule has 2 atom stereocenters. The molecule has 0 bridgehead atoms. The summed E-state index contributed by atoms with van der Waals surface area (Å²) in [5.74, 6) is -0.882. The molecule has 0 unspecified atom stereocenters. The predicted octanol–water partition coefficient (Wildman–Crippen LogP) is 4.68. The van der Waals surface area contributed by atoms with Crippen molar-refractivity contribution in [3.8, 4) is 0 Å². The molecule has 3 rings (SSSR count). The molecule has 0 aliphatic heterocycles. The number of carbonyl (C=O) groups excluding carboxylic acids is 2. The Bertz CT molecular complexity index is 1300. The van der Waals surface area contributed by atoms with Gasteiger partial charge >= 0.3 is 0 Å². The number of hydrogen-bond donors (Lipinski definition) is 3. The van der Waals surface area contributed by atoms with Gasteiger partial charge in [-0.1, -0.05) is 19.6 Å². The zero-order chi connectivity index (χ0) is 25.9. The van der Waals surface area contributed by atoms with Gasteiger partial charge in [0.05, 0.1) is 17.8 Å². The average Bonchev–Trinajstić information content (AvgIpc) is 3.59. The summed E-state index contributed by atoms with van der Waals surface area (Å²) >= 11 is 0. The Kier molecular flexibility index (Phi) is 7.68. The molecular formula is C26H29FN6O2. The van der Waals surface area contributed by atoms with Crippen molar-refractivity contribution in [3.63, 3.8) is 0 Å². The van der Waals surface area contributed by atoms with Crippen LogP contribution in [0, 0.1) is 16.7 Å². The number of Topliss-reactive ketones (excluding diaryl/α,β-unsaturated/α-hetero) is 1. The highest BCUT2D eigenvalue weighted by Gasteiger charge is 2.43. The molecule has 182 valence electrons. The third-order valence-corrected chi connectivity index (χ3v) is 5.84. The van der Waals surface area contributed by atoms with Crippen LogP contribution in [0.4, 0.5) is 10.2 Å². The molecule has 0 radical (unpaired) electrons. The second-order valence-electron chi connectivity index (χ2n) is 8.41. The number of carbonyl (C=O) groups is 2. The summed E-state index contributed by atoms with van der Waals surface area (Å²) in [6.07, 6.45) is 5.60. The number of amidine groups is 1.